The molecule has 0 saturated heterocycles. The number of ketones is 1. The Bertz CT molecular complexity index is 1250. The Labute approximate surface area is 174 Å². The highest BCUT2D eigenvalue weighted by molar-refractivity contribution is 7.92. The van der Waals surface area contributed by atoms with Crippen LogP contribution in [0.4, 0.5) is 5.69 Å². The van der Waals surface area contributed by atoms with E-state index in [0.29, 0.717) is 42.4 Å². The number of hydrogen-bond acceptors (Lipinski definition) is 5. The van der Waals surface area contributed by atoms with Crippen molar-refractivity contribution in [1.29, 1.82) is 0 Å². The van der Waals surface area contributed by atoms with Crippen molar-refractivity contribution in [2.24, 2.45) is 0 Å². The minimum absolute atomic E-state index is 0.0222. The number of aromatic nitrogens is 1. The van der Waals surface area contributed by atoms with Gasteiger partial charge in [0.25, 0.3) is 0 Å². The molecule has 30 heavy (non-hydrogen) atoms. The molecule has 0 aliphatic carbocycles. The lowest BCUT2D eigenvalue weighted by Crippen LogP contribution is -2.16. The highest BCUT2D eigenvalue weighted by atomic mass is 32.2. The molecule has 2 aliphatic heterocycles. The molecule has 0 saturated carbocycles. The monoisotopic (exact) mass is 424 g/mol. The number of sulfonamides is 1. The number of nitrogens with zero attached hydrogens (tertiary/aromatic N) is 1. The lowest BCUT2D eigenvalue weighted by Gasteiger charge is -2.21. The van der Waals surface area contributed by atoms with Crippen LogP contribution >= 0.6 is 0 Å². The molecule has 2 aliphatic rings. The average molecular weight is 424 g/mol. The number of nitrogens with one attached hydrogen (secondary N) is 1. The molecular formula is C22H20N2O5S. The summed E-state index contributed by atoms with van der Waals surface area (Å²) in [6, 6.07) is 14.8. The van der Waals surface area contributed by atoms with Gasteiger partial charge in [-0.1, -0.05) is 12.1 Å². The third-order valence-corrected chi connectivity index (χ3v) is 5.97. The van der Waals surface area contributed by atoms with E-state index in [0.717, 1.165) is 23.2 Å². The Hall–Kier alpha value is -3.26. The molecule has 1 aromatic heterocycles. The summed E-state index contributed by atoms with van der Waals surface area (Å²) in [7, 11) is -3.35. The van der Waals surface area contributed by atoms with Crippen molar-refractivity contribution in [3.63, 3.8) is 0 Å². The summed E-state index contributed by atoms with van der Waals surface area (Å²) in [6.45, 7) is 0.944. The first-order valence-electron chi connectivity index (χ1n) is 9.61. The number of hydrogen-bond donors (Lipinski definition) is 1. The van der Waals surface area contributed by atoms with Gasteiger partial charge in [-0.2, -0.15) is 0 Å². The van der Waals surface area contributed by atoms with Gasteiger partial charge in [0.15, 0.2) is 17.3 Å². The fourth-order valence-corrected chi connectivity index (χ4v) is 4.65. The maximum absolute atomic E-state index is 13.2. The number of Topliss-reactive ketones (excluding diaryl/α,β-unsaturated/α-hetero) is 1. The van der Waals surface area contributed by atoms with Gasteiger partial charge in [0.1, 0.15) is 13.2 Å². The molecule has 0 spiro atoms. The van der Waals surface area contributed by atoms with Gasteiger partial charge in [-0.15, -0.1) is 0 Å². The molecule has 7 nitrogen and oxygen atoms in total. The van der Waals surface area contributed by atoms with Crippen LogP contribution in [0.5, 0.6) is 11.5 Å². The third kappa shape index (κ3) is 3.33. The van der Waals surface area contributed by atoms with Crippen LogP contribution < -0.4 is 14.2 Å². The fraction of sp³-hybridized carbons (Fsp3) is 0.227. The number of benzene rings is 2. The van der Waals surface area contributed by atoms with E-state index < -0.39 is 10.0 Å². The maximum atomic E-state index is 13.2. The van der Waals surface area contributed by atoms with Gasteiger partial charge in [0, 0.05) is 41.5 Å². The van der Waals surface area contributed by atoms with Gasteiger partial charge < -0.3 is 14.0 Å². The summed E-state index contributed by atoms with van der Waals surface area (Å²) in [5.74, 6) is 1.10. The zero-order valence-corrected chi connectivity index (χ0v) is 17.1. The minimum atomic E-state index is -3.35. The Morgan fingerprint density at radius 3 is 2.43 bits per heavy atom. The molecule has 3 aromatic rings. The lowest BCUT2D eigenvalue weighted by molar-refractivity contribution is 0.0978. The molecule has 1 N–H and O–H groups in total. The van der Waals surface area contributed by atoms with Crippen LogP contribution in [0.3, 0.4) is 0 Å². The molecule has 8 heteroatoms. The minimum Gasteiger partial charge on any atom is -0.486 e. The van der Waals surface area contributed by atoms with Crippen molar-refractivity contribution >= 4 is 21.5 Å². The maximum Gasteiger partial charge on any atom is 0.229 e. The zero-order valence-electron chi connectivity index (χ0n) is 16.3. The summed E-state index contributed by atoms with van der Waals surface area (Å²) >= 11 is 0. The van der Waals surface area contributed by atoms with Crippen molar-refractivity contribution in [3.05, 3.63) is 71.5 Å². The van der Waals surface area contributed by atoms with E-state index >= 15 is 0 Å². The normalized spacial score (nSPS) is 17.6. The highest BCUT2D eigenvalue weighted by Gasteiger charge is 2.30. The SMILES string of the molecule is CS(=O)(=O)Nc1ccc(C2CC(=O)c3cc4c(cc3-n3cccc32)OCCO4)cc1. The second kappa shape index (κ2) is 6.91. The second-order valence-corrected chi connectivity index (χ2v) is 9.24. The molecular weight excluding hydrogens is 404 g/mol. The summed E-state index contributed by atoms with van der Waals surface area (Å²) in [4.78, 5) is 13.2. The van der Waals surface area contributed by atoms with Crippen molar-refractivity contribution < 1.29 is 22.7 Å². The quantitative estimate of drug-likeness (QED) is 0.697. The van der Waals surface area contributed by atoms with Gasteiger partial charge in [-0.3, -0.25) is 9.52 Å². The summed E-state index contributed by atoms with van der Waals surface area (Å²) in [5, 5.41) is 0. The average Bonchev–Trinajstić information content (AvgIpc) is 3.16. The van der Waals surface area contributed by atoms with Crippen LogP contribution in [-0.4, -0.2) is 38.2 Å². The number of rotatable bonds is 3. The van der Waals surface area contributed by atoms with Gasteiger partial charge in [-0.25, -0.2) is 8.42 Å². The third-order valence-electron chi connectivity index (χ3n) is 5.36. The van der Waals surface area contributed by atoms with E-state index in [1.165, 1.54) is 0 Å². The van der Waals surface area contributed by atoms with Gasteiger partial charge in [0.2, 0.25) is 10.0 Å². The van der Waals surface area contributed by atoms with Gasteiger partial charge in [0.05, 0.1) is 11.9 Å². The molecule has 0 amide bonds. The Morgan fingerprint density at radius 2 is 1.73 bits per heavy atom. The highest BCUT2D eigenvalue weighted by Crippen LogP contribution is 2.41. The Kier molecular flexibility index (Phi) is 4.32. The van der Waals surface area contributed by atoms with Crippen LogP contribution in [0, 0.1) is 0 Å². The molecule has 2 aromatic carbocycles. The summed E-state index contributed by atoms with van der Waals surface area (Å²) in [5.41, 5.74) is 3.80. The molecule has 3 heterocycles. The summed E-state index contributed by atoms with van der Waals surface area (Å²) < 4.78 is 38.8. The first-order chi connectivity index (χ1) is 14.4. The number of carbonyl (C=O) groups excluding carboxylic acids is 1. The fourth-order valence-electron chi connectivity index (χ4n) is 4.08. The first-order valence-corrected chi connectivity index (χ1v) is 11.5. The van der Waals surface area contributed by atoms with Crippen LogP contribution in [0.2, 0.25) is 0 Å². The molecule has 154 valence electrons. The van der Waals surface area contributed by atoms with Crippen LogP contribution in [-0.2, 0) is 10.0 Å². The van der Waals surface area contributed by atoms with E-state index in [1.54, 1.807) is 18.2 Å². The largest absolute Gasteiger partial charge is 0.486 e. The molecule has 0 fully saturated rings. The predicted molar refractivity (Wildman–Crippen MR) is 112 cm³/mol. The van der Waals surface area contributed by atoms with E-state index in [-0.39, 0.29) is 11.7 Å². The molecule has 1 atom stereocenters. The van der Waals surface area contributed by atoms with Crippen molar-refractivity contribution in [1.82, 2.24) is 4.57 Å². The first kappa shape index (κ1) is 18.7. The standard InChI is InChI=1S/C22H20N2O5S/c1-30(26,27)23-15-6-4-14(5-7-15)16-11-20(25)17-12-21-22(29-10-9-28-21)13-19(17)24-8-2-3-18(16)24/h2-8,12-13,16,23H,9-11H2,1H3. The molecule has 0 bridgehead atoms. The van der Waals surface area contributed by atoms with E-state index in [1.807, 2.05) is 41.1 Å². The van der Waals surface area contributed by atoms with E-state index in [4.69, 9.17) is 9.47 Å². The number of fused-ring (bicyclic) bond motifs is 4. The smallest absolute Gasteiger partial charge is 0.229 e. The van der Waals surface area contributed by atoms with Gasteiger partial charge in [-0.05, 0) is 35.9 Å². The topological polar surface area (TPSA) is 86.6 Å². The zero-order chi connectivity index (χ0) is 20.9. The van der Waals surface area contributed by atoms with Crippen molar-refractivity contribution in [2.75, 3.05) is 24.2 Å². The predicted octanol–water partition coefficient (Wildman–Crippen LogP) is 3.34. The second-order valence-electron chi connectivity index (χ2n) is 7.49. The van der Waals surface area contributed by atoms with Crippen molar-refractivity contribution in [2.45, 2.75) is 12.3 Å². The Morgan fingerprint density at radius 1 is 1.03 bits per heavy atom. The summed E-state index contributed by atoms with van der Waals surface area (Å²) in [6.07, 6.45) is 3.35. The number of ether oxygens (including phenoxy) is 2. The van der Waals surface area contributed by atoms with Crippen LogP contribution in [0.15, 0.2) is 54.7 Å². The van der Waals surface area contributed by atoms with E-state index in [2.05, 4.69) is 4.72 Å². The van der Waals surface area contributed by atoms with Crippen molar-refractivity contribution in [3.8, 4) is 17.2 Å². The number of anilines is 1. The molecule has 0 radical (unpaired) electrons. The molecule has 5 rings (SSSR count). The van der Waals surface area contributed by atoms with Crippen LogP contribution in [0.1, 0.15) is 34.0 Å². The van der Waals surface area contributed by atoms with E-state index in [9.17, 15) is 13.2 Å². The Balaban J connectivity index is 1.57. The van der Waals surface area contributed by atoms with Crippen LogP contribution in [0.25, 0.3) is 5.69 Å². The van der Waals surface area contributed by atoms with Gasteiger partial charge >= 0.3 is 0 Å². The number of carbonyl (C=O) groups is 1. The molecule has 1 unspecified atom stereocenters. The lowest BCUT2D eigenvalue weighted by atomic mass is 9.90.